The van der Waals surface area contributed by atoms with Gasteiger partial charge in [0.25, 0.3) is 0 Å². The van der Waals surface area contributed by atoms with E-state index in [9.17, 15) is 4.79 Å². The standard InChI is InChI=1S/C10H17N3OS/c1-4-13(3)10(14)6-11-5-9-12-8(2)7-15-9/h7,11H,4-6H2,1-3H3. The van der Waals surface area contributed by atoms with Crippen molar-refractivity contribution in [3.63, 3.8) is 0 Å². The number of nitrogens with one attached hydrogen (secondary N) is 1. The Morgan fingerprint density at radius 2 is 2.40 bits per heavy atom. The van der Waals surface area contributed by atoms with Crippen LogP contribution in [0.3, 0.4) is 0 Å². The van der Waals surface area contributed by atoms with E-state index in [4.69, 9.17) is 0 Å². The van der Waals surface area contributed by atoms with Crippen LogP contribution in [0, 0.1) is 6.92 Å². The van der Waals surface area contributed by atoms with Gasteiger partial charge in [-0.05, 0) is 13.8 Å². The molecule has 0 spiro atoms. The van der Waals surface area contributed by atoms with Gasteiger partial charge in [-0.3, -0.25) is 4.79 Å². The molecular formula is C10H17N3OS. The fraction of sp³-hybridized carbons (Fsp3) is 0.600. The summed E-state index contributed by atoms with van der Waals surface area (Å²) in [5, 5.41) is 6.12. The van der Waals surface area contributed by atoms with Crippen LogP contribution in [0.15, 0.2) is 5.38 Å². The maximum Gasteiger partial charge on any atom is 0.236 e. The van der Waals surface area contributed by atoms with Crippen molar-refractivity contribution in [2.75, 3.05) is 20.1 Å². The zero-order valence-corrected chi connectivity index (χ0v) is 10.2. The van der Waals surface area contributed by atoms with E-state index in [0.29, 0.717) is 13.1 Å². The Labute approximate surface area is 94.3 Å². The molecule has 0 radical (unpaired) electrons. The normalized spacial score (nSPS) is 10.3. The van der Waals surface area contributed by atoms with Crippen LogP contribution in [0.4, 0.5) is 0 Å². The van der Waals surface area contributed by atoms with Crippen LogP contribution in [-0.4, -0.2) is 35.9 Å². The van der Waals surface area contributed by atoms with E-state index < -0.39 is 0 Å². The molecule has 1 rings (SSSR count). The molecule has 84 valence electrons. The van der Waals surface area contributed by atoms with Crippen LogP contribution < -0.4 is 5.32 Å². The summed E-state index contributed by atoms with van der Waals surface area (Å²) in [4.78, 5) is 17.4. The molecule has 5 heteroatoms. The first-order valence-corrected chi connectivity index (χ1v) is 5.87. The SMILES string of the molecule is CCN(C)C(=O)CNCc1nc(C)cs1. The predicted octanol–water partition coefficient (Wildman–Crippen LogP) is 1.02. The van der Waals surface area contributed by atoms with Crippen molar-refractivity contribution in [2.45, 2.75) is 20.4 Å². The number of carbonyl (C=O) groups is 1. The number of thiazole rings is 1. The summed E-state index contributed by atoms with van der Waals surface area (Å²) in [6.07, 6.45) is 0. The summed E-state index contributed by atoms with van der Waals surface area (Å²) in [6.45, 7) is 5.72. The lowest BCUT2D eigenvalue weighted by molar-refractivity contribution is -0.128. The van der Waals surface area contributed by atoms with E-state index in [0.717, 1.165) is 17.2 Å². The quantitative estimate of drug-likeness (QED) is 0.817. The second-order valence-corrected chi connectivity index (χ2v) is 4.34. The van der Waals surface area contributed by atoms with E-state index in [1.165, 1.54) is 0 Å². The first kappa shape index (κ1) is 12.1. The Bertz CT molecular complexity index is 324. The Morgan fingerprint density at radius 1 is 1.67 bits per heavy atom. The van der Waals surface area contributed by atoms with E-state index in [2.05, 4.69) is 10.3 Å². The van der Waals surface area contributed by atoms with Crippen molar-refractivity contribution in [3.8, 4) is 0 Å². The minimum atomic E-state index is 0.116. The highest BCUT2D eigenvalue weighted by Gasteiger charge is 2.05. The van der Waals surface area contributed by atoms with Crippen molar-refractivity contribution >= 4 is 17.2 Å². The number of nitrogens with zero attached hydrogens (tertiary/aromatic N) is 2. The van der Waals surface area contributed by atoms with E-state index in [1.54, 1.807) is 23.3 Å². The van der Waals surface area contributed by atoms with Gasteiger partial charge in [0.05, 0.1) is 6.54 Å². The van der Waals surface area contributed by atoms with Crippen LogP contribution in [0.1, 0.15) is 17.6 Å². The minimum Gasteiger partial charge on any atom is -0.345 e. The van der Waals surface area contributed by atoms with Crippen LogP contribution in [0.25, 0.3) is 0 Å². The molecule has 0 bridgehead atoms. The number of carbonyl (C=O) groups excluding carboxylic acids is 1. The van der Waals surface area contributed by atoms with Crippen molar-refractivity contribution in [1.29, 1.82) is 0 Å². The monoisotopic (exact) mass is 227 g/mol. The van der Waals surface area contributed by atoms with Crippen LogP contribution in [0.2, 0.25) is 0 Å². The molecule has 0 atom stereocenters. The van der Waals surface area contributed by atoms with E-state index in [-0.39, 0.29) is 5.91 Å². The highest BCUT2D eigenvalue weighted by atomic mass is 32.1. The number of likely N-dealkylation sites (N-methyl/N-ethyl adjacent to an activating group) is 1. The lowest BCUT2D eigenvalue weighted by Crippen LogP contribution is -2.35. The molecule has 1 amide bonds. The van der Waals surface area contributed by atoms with Crippen LogP contribution in [-0.2, 0) is 11.3 Å². The topological polar surface area (TPSA) is 45.2 Å². The van der Waals surface area contributed by atoms with Crippen LogP contribution in [0.5, 0.6) is 0 Å². The van der Waals surface area contributed by atoms with Gasteiger partial charge in [-0.25, -0.2) is 4.98 Å². The Balaban J connectivity index is 2.24. The highest BCUT2D eigenvalue weighted by molar-refractivity contribution is 7.09. The molecule has 0 aliphatic heterocycles. The van der Waals surface area contributed by atoms with Crippen LogP contribution >= 0.6 is 11.3 Å². The smallest absolute Gasteiger partial charge is 0.236 e. The lowest BCUT2D eigenvalue weighted by Gasteiger charge is -2.14. The van der Waals surface area contributed by atoms with Gasteiger partial charge in [0.1, 0.15) is 5.01 Å². The Kier molecular flexibility index (Phi) is 4.71. The lowest BCUT2D eigenvalue weighted by atomic mass is 10.5. The zero-order chi connectivity index (χ0) is 11.3. The molecule has 4 nitrogen and oxygen atoms in total. The second-order valence-electron chi connectivity index (χ2n) is 3.39. The van der Waals surface area contributed by atoms with Gasteiger partial charge in [0, 0.05) is 31.2 Å². The minimum absolute atomic E-state index is 0.116. The van der Waals surface area contributed by atoms with Gasteiger partial charge in [-0.15, -0.1) is 11.3 Å². The first-order chi connectivity index (χ1) is 7.13. The maximum absolute atomic E-state index is 11.4. The molecule has 1 heterocycles. The molecule has 0 aromatic carbocycles. The van der Waals surface area contributed by atoms with Gasteiger partial charge in [-0.2, -0.15) is 0 Å². The predicted molar refractivity (Wildman–Crippen MR) is 61.9 cm³/mol. The number of aromatic nitrogens is 1. The maximum atomic E-state index is 11.4. The van der Waals surface area contributed by atoms with Gasteiger partial charge in [0.2, 0.25) is 5.91 Å². The third-order valence-corrected chi connectivity index (χ3v) is 3.09. The second kappa shape index (κ2) is 5.82. The Hall–Kier alpha value is -0.940. The molecule has 1 aromatic rings. The molecule has 0 saturated heterocycles. The van der Waals surface area contributed by atoms with Crippen molar-refractivity contribution < 1.29 is 4.79 Å². The summed E-state index contributed by atoms with van der Waals surface area (Å²) in [6, 6.07) is 0. The fourth-order valence-corrected chi connectivity index (χ4v) is 1.81. The molecule has 1 aromatic heterocycles. The summed E-state index contributed by atoms with van der Waals surface area (Å²) in [5.74, 6) is 0.116. The summed E-state index contributed by atoms with van der Waals surface area (Å²) < 4.78 is 0. The molecule has 0 saturated carbocycles. The van der Waals surface area contributed by atoms with Gasteiger partial charge < -0.3 is 10.2 Å². The molecule has 0 aliphatic carbocycles. The van der Waals surface area contributed by atoms with Crippen molar-refractivity contribution in [2.24, 2.45) is 0 Å². The number of hydrogen-bond acceptors (Lipinski definition) is 4. The number of amides is 1. The zero-order valence-electron chi connectivity index (χ0n) is 9.41. The number of rotatable bonds is 5. The van der Waals surface area contributed by atoms with Gasteiger partial charge in [0.15, 0.2) is 0 Å². The number of aryl methyl sites for hydroxylation is 1. The molecule has 0 aliphatic rings. The molecule has 0 unspecified atom stereocenters. The molecular weight excluding hydrogens is 210 g/mol. The summed E-state index contributed by atoms with van der Waals surface area (Å²) >= 11 is 1.62. The number of hydrogen-bond donors (Lipinski definition) is 1. The average molecular weight is 227 g/mol. The molecule has 1 N–H and O–H groups in total. The Morgan fingerprint density at radius 3 is 2.93 bits per heavy atom. The average Bonchev–Trinajstić information content (AvgIpc) is 2.63. The van der Waals surface area contributed by atoms with Crippen molar-refractivity contribution in [1.82, 2.24) is 15.2 Å². The summed E-state index contributed by atoms with van der Waals surface area (Å²) in [7, 11) is 1.80. The summed E-state index contributed by atoms with van der Waals surface area (Å²) in [5.41, 5.74) is 1.04. The fourth-order valence-electron chi connectivity index (χ4n) is 1.07. The third kappa shape index (κ3) is 3.97. The highest BCUT2D eigenvalue weighted by Crippen LogP contribution is 2.07. The van der Waals surface area contributed by atoms with Gasteiger partial charge in [-0.1, -0.05) is 0 Å². The van der Waals surface area contributed by atoms with Gasteiger partial charge >= 0.3 is 0 Å². The van der Waals surface area contributed by atoms with E-state index >= 15 is 0 Å². The third-order valence-electron chi connectivity index (χ3n) is 2.12. The largest absolute Gasteiger partial charge is 0.345 e. The van der Waals surface area contributed by atoms with Crippen molar-refractivity contribution in [3.05, 3.63) is 16.1 Å². The molecule has 15 heavy (non-hydrogen) atoms. The van der Waals surface area contributed by atoms with E-state index in [1.807, 2.05) is 19.2 Å². The molecule has 0 fully saturated rings. The first-order valence-electron chi connectivity index (χ1n) is 4.99.